The minimum Gasteiger partial charge on any atom is -0.356 e. The molecule has 2 saturated heterocycles. The summed E-state index contributed by atoms with van der Waals surface area (Å²) in [4.78, 5) is 39.3. The number of carbonyl (C=O) groups is 2. The van der Waals surface area contributed by atoms with Crippen LogP contribution in [0.1, 0.15) is 57.5 Å². The van der Waals surface area contributed by atoms with Crippen LogP contribution in [0.3, 0.4) is 0 Å². The first kappa shape index (κ1) is 29.5. The number of hydrogen-bond acceptors (Lipinski definition) is 6. The summed E-state index contributed by atoms with van der Waals surface area (Å²) >= 11 is 0. The van der Waals surface area contributed by atoms with E-state index in [1.54, 1.807) is 12.4 Å². The lowest BCUT2D eigenvalue weighted by molar-refractivity contribution is 0.0905. The van der Waals surface area contributed by atoms with Gasteiger partial charge in [0.2, 0.25) is 0 Å². The molecule has 4 aromatic rings. The van der Waals surface area contributed by atoms with Crippen LogP contribution in [-0.2, 0) is 6.54 Å². The van der Waals surface area contributed by atoms with Crippen molar-refractivity contribution >= 4 is 17.6 Å². The van der Waals surface area contributed by atoms with Gasteiger partial charge in [0.25, 0.3) is 11.8 Å². The number of carbonyl (C=O) groups excluding carboxylic acids is 2. The molecular weight excluding hydrogens is 548 g/mol. The second-order valence-electron chi connectivity index (χ2n) is 11.9. The summed E-state index contributed by atoms with van der Waals surface area (Å²) in [5.74, 6) is 0.991. The zero-order valence-electron chi connectivity index (χ0n) is 25.3. The second-order valence-corrected chi connectivity index (χ2v) is 11.9. The number of amides is 2. The molecular formula is C36H40N6O2. The average Bonchev–Trinajstić information content (AvgIpc) is 3.07. The monoisotopic (exact) mass is 588 g/mol. The number of anilines is 1. The molecule has 0 spiro atoms. The molecule has 2 aromatic heterocycles. The summed E-state index contributed by atoms with van der Waals surface area (Å²) in [7, 11) is 0. The SMILES string of the molecule is Cc1c(C(=O)NC2CCN(Cc3ccc(N4CCC(NC(=O)c5ccccc5)CC4)nc3)CC2)cccc1-c1ccncc1. The van der Waals surface area contributed by atoms with Crippen LogP contribution in [0.4, 0.5) is 5.82 Å². The molecule has 44 heavy (non-hydrogen) atoms. The van der Waals surface area contributed by atoms with E-state index >= 15 is 0 Å². The number of likely N-dealkylation sites (tertiary alicyclic amines) is 1. The van der Waals surface area contributed by atoms with E-state index < -0.39 is 0 Å². The van der Waals surface area contributed by atoms with E-state index in [-0.39, 0.29) is 23.9 Å². The fourth-order valence-electron chi connectivity index (χ4n) is 6.29. The van der Waals surface area contributed by atoms with Crippen molar-refractivity contribution < 1.29 is 9.59 Å². The molecule has 2 aromatic carbocycles. The van der Waals surface area contributed by atoms with Gasteiger partial charge < -0.3 is 15.5 Å². The average molecular weight is 589 g/mol. The molecule has 226 valence electrons. The topological polar surface area (TPSA) is 90.5 Å². The van der Waals surface area contributed by atoms with Crippen LogP contribution in [0, 0.1) is 6.92 Å². The summed E-state index contributed by atoms with van der Waals surface area (Å²) in [6, 6.07) is 23.9. The third kappa shape index (κ3) is 7.14. The molecule has 6 rings (SSSR count). The van der Waals surface area contributed by atoms with Gasteiger partial charge in [0.15, 0.2) is 0 Å². The van der Waals surface area contributed by atoms with Crippen LogP contribution in [0.2, 0.25) is 0 Å². The zero-order chi connectivity index (χ0) is 30.3. The summed E-state index contributed by atoms with van der Waals surface area (Å²) in [5, 5.41) is 6.46. The summed E-state index contributed by atoms with van der Waals surface area (Å²) < 4.78 is 0. The lowest BCUT2D eigenvalue weighted by atomic mass is 9.96. The van der Waals surface area contributed by atoms with Gasteiger partial charge in [-0.1, -0.05) is 36.4 Å². The first-order chi connectivity index (χ1) is 21.5. The number of rotatable bonds is 8. The Labute approximate surface area is 259 Å². The Bertz CT molecular complexity index is 1550. The molecule has 2 aliphatic rings. The predicted octanol–water partition coefficient (Wildman–Crippen LogP) is 5.25. The molecule has 0 unspecified atom stereocenters. The molecule has 0 saturated carbocycles. The molecule has 8 nitrogen and oxygen atoms in total. The molecule has 2 amide bonds. The molecule has 2 N–H and O–H groups in total. The van der Waals surface area contributed by atoms with Gasteiger partial charge in [0.05, 0.1) is 0 Å². The van der Waals surface area contributed by atoms with Gasteiger partial charge in [-0.2, -0.15) is 0 Å². The van der Waals surface area contributed by atoms with Crippen LogP contribution in [0.15, 0.2) is 91.4 Å². The summed E-state index contributed by atoms with van der Waals surface area (Å²) in [6.07, 6.45) is 9.21. The highest BCUT2D eigenvalue weighted by Crippen LogP contribution is 2.26. The van der Waals surface area contributed by atoms with Crippen molar-refractivity contribution in [2.75, 3.05) is 31.1 Å². The third-order valence-corrected chi connectivity index (χ3v) is 8.90. The highest BCUT2D eigenvalue weighted by Gasteiger charge is 2.24. The van der Waals surface area contributed by atoms with Crippen LogP contribution in [0.5, 0.6) is 0 Å². The molecule has 4 heterocycles. The van der Waals surface area contributed by atoms with Crippen molar-refractivity contribution in [3.05, 3.63) is 114 Å². The first-order valence-corrected chi connectivity index (χ1v) is 15.6. The van der Waals surface area contributed by atoms with E-state index in [9.17, 15) is 9.59 Å². The van der Waals surface area contributed by atoms with Gasteiger partial charge in [-0.15, -0.1) is 0 Å². The molecule has 0 radical (unpaired) electrons. The predicted molar refractivity (Wildman–Crippen MR) is 174 cm³/mol. The lowest BCUT2D eigenvalue weighted by Gasteiger charge is -2.34. The number of piperidine rings is 2. The fourth-order valence-corrected chi connectivity index (χ4v) is 6.29. The van der Waals surface area contributed by atoms with Crippen molar-refractivity contribution in [3.63, 3.8) is 0 Å². The summed E-state index contributed by atoms with van der Waals surface area (Å²) in [5.41, 5.74) is 5.75. The van der Waals surface area contributed by atoms with Crippen molar-refractivity contribution in [2.45, 2.75) is 51.2 Å². The Hall–Kier alpha value is -4.56. The van der Waals surface area contributed by atoms with E-state index in [1.165, 1.54) is 5.56 Å². The molecule has 0 aliphatic carbocycles. The van der Waals surface area contributed by atoms with Crippen molar-refractivity contribution in [1.29, 1.82) is 0 Å². The van der Waals surface area contributed by atoms with E-state index in [4.69, 9.17) is 4.98 Å². The van der Waals surface area contributed by atoms with Crippen LogP contribution < -0.4 is 15.5 Å². The molecule has 2 fully saturated rings. The van der Waals surface area contributed by atoms with Crippen molar-refractivity contribution in [3.8, 4) is 11.1 Å². The van der Waals surface area contributed by atoms with E-state index in [2.05, 4.69) is 43.6 Å². The molecule has 2 aliphatic heterocycles. The minimum absolute atomic E-state index is 0.000199. The Morgan fingerprint density at radius 3 is 2.14 bits per heavy atom. The van der Waals surface area contributed by atoms with Gasteiger partial charge in [0, 0.05) is 74.5 Å². The number of aromatic nitrogens is 2. The number of nitrogens with one attached hydrogen (secondary N) is 2. The normalized spacial score (nSPS) is 16.4. The Kier molecular flexibility index (Phi) is 9.27. The number of hydrogen-bond donors (Lipinski definition) is 2. The maximum Gasteiger partial charge on any atom is 0.251 e. The standard InChI is InChI=1S/C36H40N6O2/c1-26-32(28-12-18-37-19-13-28)8-5-9-33(26)36(44)40-30-14-20-41(21-15-30)25-27-10-11-34(38-24-27)42-22-16-31(17-23-42)39-35(43)29-6-3-2-4-7-29/h2-13,18-19,24,30-31H,14-17,20-23,25H2,1H3,(H,39,43)(H,40,44). The highest BCUT2D eigenvalue weighted by atomic mass is 16.2. The number of benzene rings is 2. The van der Waals surface area contributed by atoms with Gasteiger partial charge in [-0.05, 0) is 91.3 Å². The Morgan fingerprint density at radius 1 is 0.773 bits per heavy atom. The van der Waals surface area contributed by atoms with Crippen molar-refractivity contribution in [2.24, 2.45) is 0 Å². The third-order valence-electron chi connectivity index (χ3n) is 8.90. The number of nitrogens with zero attached hydrogens (tertiary/aromatic N) is 4. The first-order valence-electron chi connectivity index (χ1n) is 15.6. The molecule has 8 heteroatoms. The largest absolute Gasteiger partial charge is 0.356 e. The lowest BCUT2D eigenvalue weighted by Crippen LogP contribution is -2.45. The fraction of sp³-hybridized carbons (Fsp3) is 0.333. The molecule has 0 atom stereocenters. The smallest absolute Gasteiger partial charge is 0.251 e. The quantitative estimate of drug-likeness (QED) is 0.293. The Morgan fingerprint density at radius 2 is 1.45 bits per heavy atom. The number of pyridine rings is 2. The summed E-state index contributed by atoms with van der Waals surface area (Å²) in [6.45, 7) is 6.49. The van der Waals surface area contributed by atoms with E-state index in [0.717, 1.165) is 86.5 Å². The van der Waals surface area contributed by atoms with Gasteiger partial charge in [0.1, 0.15) is 5.82 Å². The van der Waals surface area contributed by atoms with Crippen molar-refractivity contribution in [1.82, 2.24) is 25.5 Å². The minimum atomic E-state index is -0.000691. The molecule has 0 bridgehead atoms. The van der Waals surface area contributed by atoms with Gasteiger partial charge in [-0.25, -0.2) is 4.98 Å². The van der Waals surface area contributed by atoms with Crippen LogP contribution in [0.25, 0.3) is 11.1 Å². The maximum atomic E-state index is 13.2. The van der Waals surface area contributed by atoms with Gasteiger partial charge >= 0.3 is 0 Å². The maximum absolute atomic E-state index is 13.2. The highest BCUT2D eigenvalue weighted by molar-refractivity contribution is 5.97. The van der Waals surface area contributed by atoms with E-state index in [1.807, 2.05) is 67.7 Å². The van der Waals surface area contributed by atoms with Crippen LogP contribution >= 0.6 is 0 Å². The van der Waals surface area contributed by atoms with Crippen LogP contribution in [-0.4, -0.2) is 64.9 Å². The zero-order valence-corrected chi connectivity index (χ0v) is 25.3. The van der Waals surface area contributed by atoms with Gasteiger partial charge in [-0.3, -0.25) is 19.5 Å². The second kappa shape index (κ2) is 13.8. The Balaban J connectivity index is 0.946. The van der Waals surface area contributed by atoms with E-state index in [0.29, 0.717) is 5.56 Å².